The van der Waals surface area contributed by atoms with Crippen LogP contribution in [0.1, 0.15) is 0 Å². The van der Waals surface area contributed by atoms with Gasteiger partial charge in [-0.15, -0.1) is 0 Å². The number of rotatable bonds is 3. The van der Waals surface area contributed by atoms with E-state index >= 15 is 0 Å². The summed E-state index contributed by atoms with van der Waals surface area (Å²) < 4.78 is 55.4. The molecule has 0 amide bonds. The molecule has 0 aliphatic heterocycles. The second-order valence-corrected chi connectivity index (χ2v) is 6.65. The van der Waals surface area contributed by atoms with Gasteiger partial charge in [0.2, 0.25) is 0 Å². The van der Waals surface area contributed by atoms with E-state index in [2.05, 4.69) is 10.2 Å². The summed E-state index contributed by atoms with van der Waals surface area (Å²) in [5.74, 6) is -1.53. The maximum atomic E-state index is 13.6. The number of ether oxygens (including phenoxy) is 1. The summed E-state index contributed by atoms with van der Waals surface area (Å²) in [7, 11) is -3.45. The molecule has 0 atom stereocenters. The van der Waals surface area contributed by atoms with Crippen LogP contribution < -0.4 is 4.74 Å². The Morgan fingerprint density at radius 1 is 1.14 bits per heavy atom. The smallest absolute Gasteiger partial charge is 0.177 e. The zero-order valence-corrected chi connectivity index (χ0v) is 12.1. The maximum Gasteiger partial charge on any atom is 0.177 e. The highest BCUT2D eigenvalue weighted by molar-refractivity contribution is 7.91. The van der Waals surface area contributed by atoms with Gasteiger partial charge >= 0.3 is 0 Å². The first-order valence-electron chi connectivity index (χ1n) is 6.15. The van der Waals surface area contributed by atoms with Crippen LogP contribution in [0.15, 0.2) is 41.4 Å². The highest BCUT2D eigenvalue weighted by Gasteiger charge is 2.17. The molecule has 3 aromatic rings. The molecule has 0 saturated heterocycles. The van der Waals surface area contributed by atoms with Crippen molar-refractivity contribution < 1.29 is 21.9 Å². The highest BCUT2D eigenvalue weighted by Crippen LogP contribution is 2.33. The van der Waals surface area contributed by atoms with Crippen LogP contribution in [-0.4, -0.2) is 24.9 Å². The lowest BCUT2D eigenvalue weighted by molar-refractivity contribution is 0.441. The normalized spacial score (nSPS) is 11.8. The average molecular weight is 324 g/mol. The van der Waals surface area contributed by atoms with Crippen LogP contribution in [0.3, 0.4) is 0 Å². The molecule has 5 nitrogen and oxygen atoms in total. The Bertz CT molecular complexity index is 967. The van der Waals surface area contributed by atoms with Crippen molar-refractivity contribution >= 4 is 20.7 Å². The number of aromatic nitrogens is 2. The minimum absolute atomic E-state index is 0.0620. The quantitative estimate of drug-likeness (QED) is 0.804. The van der Waals surface area contributed by atoms with Crippen molar-refractivity contribution in [2.75, 3.05) is 6.26 Å². The fourth-order valence-corrected chi connectivity index (χ4v) is 2.90. The van der Waals surface area contributed by atoms with Crippen LogP contribution in [0, 0.1) is 11.6 Å². The largest absolute Gasteiger partial charge is 0.454 e. The van der Waals surface area contributed by atoms with E-state index in [1.54, 1.807) is 0 Å². The molecule has 0 fully saturated rings. The first-order valence-corrected chi connectivity index (χ1v) is 8.04. The molecule has 1 aromatic heterocycles. The number of fused-ring (bicyclic) bond motifs is 1. The van der Waals surface area contributed by atoms with E-state index in [9.17, 15) is 17.2 Å². The third-order valence-corrected chi connectivity index (χ3v) is 4.19. The standard InChI is InChI=1S/C14H10F2N2O3S/c1-22(19,20)13-5-4-11(9-7-17-18-14(9)13)21-12-3-2-8(15)6-10(12)16/h2-7H,1H3,(H,17,18). The summed E-state index contributed by atoms with van der Waals surface area (Å²) in [6.45, 7) is 0. The molecular weight excluding hydrogens is 314 g/mol. The van der Waals surface area contributed by atoms with Gasteiger partial charge in [-0.1, -0.05) is 0 Å². The van der Waals surface area contributed by atoms with Gasteiger partial charge in [0.15, 0.2) is 21.4 Å². The van der Waals surface area contributed by atoms with Crippen LogP contribution in [0.4, 0.5) is 8.78 Å². The number of nitrogens with one attached hydrogen (secondary N) is 1. The summed E-state index contributed by atoms with van der Waals surface area (Å²) in [5.41, 5.74) is 0.266. The van der Waals surface area contributed by atoms with Gasteiger partial charge in [0.1, 0.15) is 11.6 Å². The number of H-pyrrole nitrogens is 1. The average Bonchev–Trinajstić information content (AvgIpc) is 2.90. The number of benzene rings is 2. The molecule has 114 valence electrons. The number of hydrogen-bond donors (Lipinski definition) is 1. The summed E-state index contributed by atoms with van der Waals surface area (Å²) in [4.78, 5) is 0.0620. The van der Waals surface area contributed by atoms with Crippen LogP contribution in [-0.2, 0) is 9.84 Å². The van der Waals surface area contributed by atoms with Gasteiger partial charge in [-0.3, -0.25) is 5.10 Å². The molecule has 0 unspecified atom stereocenters. The lowest BCUT2D eigenvalue weighted by Gasteiger charge is -2.09. The predicted octanol–water partition coefficient (Wildman–Crippen LogP) is 3.04. The van der Waals surface area contributed by atoms with Gasteiger partial charge in [-0.25, -0.2) is 17.2 Å². The molecule has 0 saturated carbocycles. The summed E-state index contributed by atoms with van der Waals surface area (Å²) in [5, 5.41) is 6.75. The van der Waals surface area contributed by atoms with Gasteiger partial charge in [0, 0.05) is 12.3 Å². The summed E-state index contributed by atoms with van der Waals surface area (Å²) in [6.07, 6.45) is 2.45. The van der Waals surface area contributed by atoms with E-state index in [4.69, 9.17) is 4.74 Å². The molecule has 1 N–H and O–H groups in total. The zero-order valence-electron chi connectivity index (χ0n) is 11.3. The van der Waals surface area contributed by atoms with E-state index in [1.165, 1.54) is 18.3 Å². The van der Waals surface area contributed by atoms with E-state index < -0.39 is 21.5 Å². The van der Waals surface area contributed by atoms with Gasteiger partial charge in [-0.05, 0) is 24.3 Å². The maximum absolute atomic E-state index is 13.6. The van der Waals surface area contributed by atoms with Crippen LogP contribution in [0.2, 0.25) is 0 Å². The molecule has 22 heavy (non-hydrogen) atoms. The Morgan fingerprint density at radius 3 is 2.55 bits per heavy atom. The first-order chi connectivity index (χ1) is 10.4. The van der Waals surface area contributed by atoms with Crippen molar-refractivity contribution in [1.29, 1.82) is 0 Å². The second-order valence-electron chi connectivity index (χ2n) is 4.67. The third kappa shape index (κ3) is 2.52. The van der Waals surface area contributed by atoms with Crippen LogP contribution >= 0.6 is 0 Å². The molecule has 0 bridgehead atoms. The van der Waals surface area contributed by atoms with Crippen LogP contribution in [0.5, 0.6) is 11.5 Å². The summed E-state index contributed by atoms with van der Waals surface area (Å²) in [6, 6.07) is 5.66. The van der Waals surface area contributed by atoms with E-state index in [-0.39, 0.29) is 21.9 Å². The fourth-order valence-electron chi connectivity index (χ4n) is 2.06. The highest BCUT2D eigenvalue weighted by atomic mass is 32.2. The number of hydrogen-bond acceptors (Lipinski definition) is 4. The van der Waals surface area contributed by atoms with E-state index in [0.29, 0.717) is 11.5 Å². The molecule has 8 heteroatoms. The Morgan fingerprint density at radius 2 is 1.86 bits per heavy atom. The minimum atomic E-state index is -3.45. The number of sulfone groups is 1. The second kappa shape index (κ2) is 5.06. The van der Waals surface area contributed by atoms with E-state index in [1.807, 2.05) is 0 Å². The zero-order chi connectivity index (χ0) is 15.9. The Kier molecular flexibility index (Phi) is 3.32. The molecule has 0 aliphatic carbocycles. The number of halogens is 2. The Balaban J connectivity index is 2.11. The number of nitrogens with zero attached hydrogens (tertiary/aromatic N) is 1. The molecule has 0 spiro atoms. The van der Waals surface area contributed by atoms with Gasteiger partial charge in [-0.2, -0.15) is 5.10 Å². The van der Waals surface area contributed by atoms with Gasteiger partial charge < -0.3 is 4.74 Å². The number of aromatic amines is 1. The van der Waals surface area contributed by atoms with Crippen molar-refractivity contribution in [2.24, 2.45) is 0 Å². The lowest BCUT2D eigenvalue weighted by atomic mass is 10.2. The predicted molar refractivity (Wildman–Crippen MR) is 75.6 cm³/mol. The fraction of sp³-hybridized carbons (Fsp3) is 0.0714. The molecule has 3 rings (SSSR count). The van der Waals surface area contributed by atoms with Crippen molar-refractivity contribution in [2.45, 2.75) is 4.90 Å². The topological polar surface area (TPSA) is 72.1 Å². The Labute approximate surface area is 124 Å². The molecule has 2 aromatic carbocycles. The Hall–Kier alpha value is -2.48. The minimum Gasteiger partial charge on any atom is -0.454 e. The third-order valence-electron chi connectivity index (χ3n) is 3.05. The van der Waals surface area contributed by atoms with Crippen LogP contribution in [0.25, 0.3) is 10.9 Å². The molecule has 0 aliphatic rings. The van der Waals surface area contributed by atoms with Crippen molar-refractivity contribution in [3.63, 3.8) is 0 Å². The summed E-state index contributed by atoms with van der Waals surface area (Å²) >= 11 is 0. The monoisotopic (exact) mass is 324 g/mol. The molecule has 0 radical (unpaired) electrons. The van der Waals surface area contributed by atoms with Gasteiger partial charge in [0.05, 0.1) is 22.0 Å². The van der Waals surface area contributed by atoms with Crippen molar-refractivity contribution in [3.8, 4) is 11.5 Å². The molecular formula is C14H10F2N2O3S. The van der Waals surface area contributed by atoms with Crippen molar-refractivity contribution in [1.82, 2.24) is 10.2 Å². The van der Waals surface area contributed by atoms with E-state index in [0.717, 1.165) is 18.4 Å². The molecule has 1 heterocycles. The SMILES string of the molecule is CS(=O)(=O)c1ccc(Oc2ccc(F)cc2F)c2cn[nH]c12. The van der Waals surface area contributed by atoms with Crippen molar-refractivity contribution in [3.05, 3.63) is 48.2 Å². The first kappa shape index (κ1) is 14.5. The van der Waals surface area contributed by atoms with Gasteiger partial charge in [0.25, 0.3) is 0 Å². The lowest BCUT2D eigenvalue weighted by Crippen LogP contribution is -1.99.